The fourth-order valence-electron chi connectivity index (χ4n) is 2.38. The number of carbonyl (C=O) groups is 1. The van der Waals surface area contributed by atoms with Gasteiger partial charge in [-0.15, -0.1) is 0 Å². The Hall–Kier alpha value is -2.25. The normalized spacial score (nSPS) is 11.1. The third-order valence-electron chi connectivity index (χ3n) is 3.52. The maximum Gasteiger partial charge on any atom is 0.261 e. The van der Waals surface area contributed by atoms with Gasteiger partial charge in [-0.25, -0.2) is 4.98 Å². The second-order valence-electron chi connectivity index (χ2n) is 5.67. The van der Waals surface area contributed by atoms with Crippen molar-refractivity contribution in [2.45, 2.75) is 33.0 Å². The first kappa shape index (κ1) is 18.1. The highest BCUT2D eigenvalue weighted by Crippen LogP contribution is 2.08. The van der Waals surface area contributed by atoms with Crippen molar-refractivity contribution in [3.8, 4) is 0 Å². The van der Waals surface area contributed by atoms with Gasteiger partial charge in [0.2, 0.25) is 6.41 Å². The molecule has 0 aliphatic carbocycles. The number of ether oxygens (including phenoxy) is 1. The zero-order valence-corrected chi connectivity index (χ0v) is 14.1. The minimum absolute atomic E-state index is 0.0595. The summed E-state index contributed by atoms with van der Waals surface area (Å²) < 4.78 is 7.23. The number of nitrogens with one attached hydrogen (secondary N) is 2. The first-order chi connectivity index (χ1) is 11.6. The molecule has 1 heterocycles. The van der Waals surface area contributed by atoms with Crippen LogP contribution in [-0.2, 0) is 22.6 Å². The number of amides is 1. The summed E-state index contributed by atoms with van der Waals surface area (Å²) in [5.74, 6) is 0.664. The van der Waals surface area contributed by atoms with Crippen LogP contribution in [0.1, 0.15) is 19.7 Å². The van der Waals surface area contributed by atoms with E-state index < -0.39 is 0 Å². The molecular weight excluding hydrogens is 308 g/mol. The molecule has 1 aromatic heterocycles. The largest absolute Gasteiger partial charge is 0.377 e. The molecule has 0 aliphatic heterocycles. The Balaban J connectivity index is 2.21. The molecule has 0 fully saturated rings. The second-order valence-corrected chi connectivity index (χ2v) is 5.67. The summed E-state index contributed by atoms with van der Waals surface area (Å²) in [6.45, 7) is 6.41. The fraction of sp³-hybridized carbons (Fsp3) is 0.471. The molecule has 7 nitrogen and oxygen atoms in total. The Morgan fingerprint density at radius 1 is 1.29 bits per heavy atom. The smallest absolute Gasteiger partial charge is 0.261 e. The van der Waals surface area contributed by atoms with E-state index in [0.29, 0.717) is 55.9 Å². The van der Waals surface area contributed by atoms with E-state index in [4.69, 9.17) is 4.74 Å². The van der Waals surface area contributed by atoms with Crippen molar-refractivity contribution < 1.29 is 9.53 Å². The van der Waals surface area contributed by atoms with Crippen LogP contribution in [0.15, 0.2) is 29.1 Å². The summed E-state index contributed by atoms with van der Waals surface area (Å²) >= 11 is 0. The predicted molar refractivity (Wildman–Crippen MR) is 92.9 cm³/mol. The number of hydrogen-bond acceptors (Lipinski definition) is 5. The molecule has 0 saturated carbocycles. The van der Waals surface area contributed by atoms with Gasteiger partial charge in [-0.05, 0) is 26.0 Å². The molecule has 2 aromatic rings. The van der Waals surface area contributed by atoms with Crippen LogP contribution in [-0.4, -0.2) is 41.8 Å². The molecule has 2 rings (SSSR count). The lowest BCUT2D eigenvalue weighted by molar-refractivity contribution is -0.109. The van der Waals surface area contributed by atoms with Crippen LogP contribution in [0.4, 0.5) is 0 Å². The van der Waals surface area contributed by atoms with E-state index in [-0.39, 0.29) is 11.7 Å². The Morgan fingerprint density at radius 3 is 2.83 bits per heavy atom. The SMILES string of the molecule is CC(C)OCCn1c(CNCCNC=O)nc2ccccc2c1=O. The molecular formula is C17H24N4O3. The van der Waals surface area contributed by atoms with Crippen molar-refractivity contribution in [2.24, 2.45) is 0 Å². The Labute approximate surface area is 141 Å². The van der Waals surface area contributed by atoms with Gasteiger partial charge in [0.25, 0.3) is 5.56 Å². The van der Waals surface area contributed by atoms with Crippen LogP contribution in [0.5, 0.6) is 0 Å². The maximum atomic E-state index is 12.7. The molecule has 0 aliphatic rings. The van der Waals surface area contributed by atoms with Gasteiger partial charge < -0.3 is 15.4 Å². The number of fused-ring (bicyclic) bond motifs is 1. The number of hydrogen-bond donors (Lipinski definition) is 2. The Kier molecular flexibility index (Phi) is 6.89. The van der Waals surface area contributed by atoms with Crippen LogP contribution in [0.2, 0.25) is 0 Å². The molecule has 0 spiro atoms. The van der Waals surface area contributed by atoms with E-state index in [2.05, 4.69) is 15.6 Å². The predicted octanol–water partition coefficient (Wildman–Crippen LogP) is 0.657. The van der Waals surface area contributed by atoms with Gasteiger partial charge >= 0.3 is 0 Å². The Bertz CT molecular complexity index is 727. The molecule has 130 valence electrons. The maximum absolute atomic E-state index is 12.7. The zero-order valence-electron chi connectivity index (χ0n) is 14.1. The van der Waals surface area contributed by atoms with Gasteiger partial charge in [0.05, 0.1) is 36.7 Å². The number of para-hydroxylation sites is 1. The van der Waals surface area contributed by atoms with Gasteiger partial charge in [0.1, 0.15) is 5.82 Å². The van der Waals surface area contributed by atoms with E-state index in [1.807, 2.05) is 32.0 Å². The highest BCUT2D eigenvalue weighted by molar-refractivity contribution is 5.77. The summed E-state index contributed by atoms with van der Waals surface area (Å²) in [5.41, 5.74) is 0.627. The van der Waals surface area contributed by atoms with Gasteiger partial charge in [-0.3, -0.25) is 14.2 Å². The first-order valence-corrected chi connectivity index (χ1v) is 8.11. The van der Waals surface area contributed by atoms with Crippen LogP contribution in [0.25, 0.3) is 10.9 Å². The van der Waals surface area contributed by atoms with Gasteiger partial charge in [0.15, 0.2) is 0 Å². The standard InChI is InChI=1S/C17H24N4O3/c1-13(2)24-10-9-21-16(11-18-7-8-19-12-22)20-15-6-4-3-5-14(15)17(21)23/h3-6,12-13,18H,7-11H2,1-2H3,(H,19,22). The number of rotatable bonds is 10. The molecule has 0 saturated heterocycles. The minimum Gasteiger partial charge on any atom is -0.377 e. The first-order valence-electron chi connectivity index (χ1n) is 8.11. The van der Waals surface area contributed by atoms with Crippen molar-refractivity contribution in [1.82, 2.24) is 20.2 Å². The van der Waals surface area contributed by atoms with E-state index in [1.165, 1.54) is 0 Å². The van der Waals surface area contributed by atoms with Crippen LogP contribution in [0, 0.1) is 0 Å². The second kappa shape index (κ2) is 9.14. The van der Waals surface area contributed by atoms with E-state index in [1.54, 1.807) is 10.6 Å². The molecule has 1 amide bonds. The van der Waals surface area contributed by atoms with Crippen molar-refractivity contribution in [1.29, 1.82) is 0 Å². The number of benzene rings is 1. The molecule has 0 bridgehead atoms. The topological polar surface area (TPSA) is 85.2 Å². The lowest BCUT2D eigenvalue weighted by atomic mass is 10.2. The molecule has 0 unspecified atom stereocenters. The number of aromatic nitrogens is 2. The lowest BCUT2D eigenvalue weighted by Gasteiger charge is -2.15. The number of carbonyl (C=O) groups excluding carboxylic acids is 1. The third kappa shape index (κ3) is 4.87. The number of nitrogens with zero attached hydrogens (tertiary/aromatic N) is 2. The highest BCUT2D eigenvalue weighted by Gasteiger charge is 2.10. The van der Waals surface area contributed by atoms with E-state index in [9.17, 15) is 9.59 Å². The molecule has 7 heteroatoms. The molecule has 24 heavy (non-hydrogen) atoms. The summed E-state index contributed by atoms with van der Waals surface area (Å²) in [5, 5.41) is 6.37. The highest BCUT2D eigenvalue weighted by atomic mass is 16.5. The molecule has 1 aromatic carbocycles. The van der Waals surface area contributed by atoms with E-state index >= 15 is 0 Å². The van der Waals surface area contributed by atoms with Crippen molar-refractivity contribution >= 4 is 17.3 Å². The monoisotopic (exact) mass is 332 g/mol. The summed E-state index contributed by atoms with van der Waals surface area (Å²) in [6.07, 6.45) is 0.778. The van der Waals surface area contributed by atoms with Crippen LogP contribution in [0.3, 0.4) is 0 Å². The zero-order chi connectivity index (χ0) is 17.4. The van der Waals surface area contributed by atoms with E-state index in [0.717, 1.165) is 0 Å². The lowest BCUT2D eigenvalue weighted by Crippen LogP contribution is -2.32. The molecule has 0 radical (unpaired) electrons. The Morgan fingerprint density at radius 2 is 2.08 bits per heavy atom. The van der Waals surface area contributed by atoms with Crippen LogP contribution >= 0.6 is 0 Å². The van der Waals surface area contributed by atoms with Gasteiger partial charge in [-0.1, -0.05) is 12.1 Å². The molecule has 2 N–H and O–H groups in total. The van der Waals surface area contributed by atoms with Crippen LogP contribution < -0.4 is 16.2 Å². The third-order valence-corrected chi connectivity index (χ3v) is 3.52. The van der Waals surface area contributed by atoms with Crippen molar-refractivity contribution in [3.63, 3.8) is 0 Å². The van der Waals surface area contributed by atoms with Crippen molar-refractivity contribution in [2.75, 3.05) is 19.7 Å². The quantitative estimate of drug-likeness (QED) is 0.493. The van der Waals surface area contributed by atoms with Gasteiger partial charge in [-0.2, -0.15) is 0 Å². The minimum atomic E-state index is -0.0595. The summed E-state index contributed by atoms with van der Waals surface area (Å²) in [7, 11) is 0. The summed E-state index contributed by atoms with van der Waals surface area (Å²) in [4.78, 5) is 27.6. The molecule has 0 atom stereocenters. The fourth-order valence-corrected chi connectivity index (χ4v) is 2.38. The van der Waals surface area contributed by atoms with Gasteiger partial charge in [0, 0.05) is 13.1 Å². The average molecular weight is 332 g/mol. The average Bonchev–Trinajstić information content (AvgIpc) is 2.57. The summed E-state index contributed by atoms with van der Waals surface area (Å²) in [6, 6.07) is 7.33. The van der Waals surface area contributed by atoms with Crippen molar-refractivity contribution in [3.05, 3.63) is 40.4 Å².